The number of pyridine rings is 1. The van der Waals surface area contributed by atoms with Crippen molar-refractivity contribution in [3.05, 3.63) is 65.3 Å². The average Bonchev–Trinajstić information content (AvgIpc) is 2.98. The molecule has 22 heavy (non-hydrogen) atoms. The van der Waals surface area contributed by atoms with Gasteiger partial charge in [-0.3, -0.25) is 4.98 Å². The minimum absolute atomic E-state index is 0.0337. The van der Waals surface area contributed by atoms with E-state index in [0.717, 1.165) is 11.1 Å². The maximum absolute atomic E-state index is 12.0. The lowest BCUT2D eigenvalue weighted by atomic mass is 10.1. The molecule has 0 saturated heterocycles. The molecule has 3 aromatic rings. The zero-order valence-corrected chi connectivity index (χ0v) is 13.1. The lowest BCUT2D eigenvalue weighted by molar-refractivity contribution is 0.237. The van der Waals surface area contributed by atoms with Gasteiger partial charge < -0.3 is 10.6 Å². The Kier molecular flexibility index (Phi) is 4.34. The summed E-state index contributed by atoms with van der Waals surface area (Å²) in [6.07, 6.45) is 3.43. The van der Waals surface area contributed by atoms with Crippen molar-refractivity contribution in [3.8, 4) is 0 Å². The first kappa shape index (κ1) is 14.5. The second-order valence-corrected chi connectivity index (χ2v) is 6.00. The van der Waals surface area contributed by atoms with Gasteiger partial charge in [0, 0.05) is 23.6 Å². The Morgan fingerprint density at radius 2 is 2.00 bits per heavy atom. The molecule has 1 unspecified atom stereocenters. The summed E-state index contributed by atoms with van der Waals surface area (Å²) in [5.41, 5.74) is 2.18. The first-order valence-corrected chi connectivity index (χ1v) is 8.01. The van der Waals surface area contributed by atoms with Crippen LogP contribution < -0.4 is 10.6 Å². The van der Waals surface area contributed by atoms with E-state index in [2.05, 4.69) is 33.1 Å². The number of urea groups is 1. The minimum atomic E-state index is -0.167. The van der Waals surface area contributed by atoms with Crippen molar-refractivity contribution >= 4 is 27.5 Å². The number of nitrogens with zero attached hydrogens (tertiary/aromatic N) is 1. The Morgan fingerprint density at radius 3 is 2.82 bits per heavy atom. The Morgan fingerprint density at radius 1 is 1.23 bits per heavy atom. The Labute approximate surface area is 133 Å². The molecule has 0 aliphatic rings. The lowest BCUT2D eigenvalue weighted by Gasteiger charge is -2.14. The molecule has 0 aliphatic heterocycles. The number of carbonyl (C=O) groups excluding carboxylic acids is 1. The molecule has 2 heterocycles. The van der Waals surface area contributed by atoms with Gasteiger partial charge >= 0.3 is 6.03 Å². The normalized spacial score (nSPS) is 12.0. The van der Waals surface area contributed by atoms with E-state index in [0.29, 0.717) is 6.54 Å². The van der Waals surface area contributed by atoms with Crippen molar-refractivity contribution in [2.75, 3.05) is 0 Å². The summed E-state index contributed by atoms with van der Waals surface area (Å²) in [5, 5.41) is 9.16. The second kappa shape index (κ2) is 6.58. The van der Waals surface area contributed by atoms with Gasteiger partial charge in [-0.25, -0.2) is 4.79 Å². The summed E-state index contributed by atoms with van der Waals surface area (Å²) in [6.45, 7) is 2.49. The number of aromatic nitrogens is 1. The third-order valence-corrected chi connectivity index (χ3v) is 4.51. The fourth-order valence-electron chi connectivity index (χ4n) is 2.34. The van der Waals surface area contributed by atoms with E-state index in [-0.39, 0.29) is 12.1 Å². The molecule has 0 spiro atoms. The summed E-state index contributed by atoms with van der Waals surface area (Å²) < 4.78 is 1.24. The maximum atomic E-state index is 12.0. The van der Waals surface area contributed by atoms with Gasteiger partial charge in [-0.1, -0.05) is 18.2 Å². The van der Waals surface area contributed by atoms with Gasteiger partial charge in [-0.15, -0.1) is 11.3 Å². The first-order valence-electron chi connectivity index (χ1n) is 7.13. The molecule has 0 bridgehead atoms. The number of thiophene rings is 1. The molecule has 2 aromatic heterocycles. The van der Waals surface area contributed by atoms with Crippen LogP contribution in [0.1, 0.15) is 24.1 Å². The number of nitrogens with one attached hydrogen (secondary N) is 2. The third-order valence-electron chi connectivity index (χ3n) is 3.53. The number of fused-ring (bicyclic) bond motifs is 1. The number of hydrogen-bond donors (Lipinski definition) is 2. The Hall–Kier alpha value is -2.40. The highest BCUT2D eigenvalue weighted by Crippen LogP contribution is 2.29. The number of carbonyl (C=O) groups is 1. The average molecular weight is 311 g/mol. The molecule has 2 N–H and O–H groups in total. The summed E-state index contributed by atoms with van der Waals surface area (Å²) in [4.78, 5) is 16.0. The van der Waals surface area contributed by atoms with Crippen molar-refractivity contribution < 1.29 is 4.79 Å². The van der Waals surface area contributed by atoms with Gasteiger partial charge in [0.05, 0.1) is 6.04 Å². The minimum Gasteiger partial charge on any atom is -0.334 e. The largest absolute Gasteiger partial charge is 0.334 e. The topological polar surface area (TPSA) is 54.0 Å². The fourth-order valence-corrected chi connectivity index (χ4v) is 3.40. The summed E-state index contributed by atoms with van der Waals surface area (Å²) in [6, 6.07) is 11.8. The predicted octanol–water partition coefficient (Wildman–Crippen LogP) is 3.86. The van der Waals surface area contributed by atoms with E-state index in [1.807, 2.05) is 31.2 Å². The van der Waals surface area contributed by atoms with Crippen LogP contribution in [0.15, 0.2) is 54.2 Å². The van der Waals surface area contributed by atoms with E-state index >= 15 is 0 Å². The van der Waals surface area contributed by atoms with Crippen molar-refractivity contribution in [1.82, 2.24) is 15.6 Å². The molecule has 3 rings (SSSR count). The smallest absolute Gasteiger partial charge is 0.315 e. The maximum Gasteiger partial charge on any atom is 0.315 e. The van der Waals surface area contributed by atoms with Crippen LogP contribution in [-0.4, -0.2) is 11.0 Å². The molecule has 5 heteroatoms. The molecule has 2 amide bonds. The second-order valence-electron chi connectivity index (χ2n) is 5.09. The van der Waals surface area contributed by atoms with Gasteiger partial charge in [-0.2, -0.15) is 0 Å². The standard InChI is InChI=1S/C17H17N3OS/c1-12(15-11-22-16-5-3-2-4-14(15)16)20-17(21)19-10-13-6-8-18-9-7-13/h2-9,11-12H,10H2,1H3,(H2,19,20,21). The zero-order valence-electron chi connectivity index (χ0n) is 12.2. The monoisotopic (exact) mass is 311 g/mol. The van der Waals surface area contributed by atoms with Crippen molar-refractivity contribution in [2.45, 2.75) is 19.5 Å². The van der Waals surface area contributed by atoms with Crippen molar-refractivity contribution in [2.24, 2.45) is 0 Å². The summed E-state index contributed by atoms with van der Waals surface area (Å²) in [5.74, 6) is 0. The number of rotatable bonds is 4. The Balaban J connectivity index is 1.61. The highest BCUT2D eigenvalue weighted by Gasteiger charge is 2.13. The fraction of sp³-hybridized carbons (Fsp3) is 0.176. The van der Waals surface area contributed by atoms with E-state index in [4.69, 9.17) is 0 Å². The van der Waals surface area contributed by atoms with Gasteiger partial charge in [0.15, 0.2) is 0 Å². The van der Waals surface area contributed by atoms with Crippen LogP contribution in [0, 0.1) is 0 Å². The highest BCUT2D eigenvalue weighted by molar-refractivity contribution is 7.17. The zero-order chi connectivity index (χ0) is 15.4. The SMILES string of the molecule is CC(NC(=O)NCc1ccncc1)c1csc2ccccc12. The van der Waals surface area contributed by atoms with E-state index in [9.17, 15) is 4.79 Å². The Bertz CT molecular complexity index is 770. The van der Waals surface area contributed by atoms with Gasteiger partial charge in [-0.05, 0) is 47.0 Å². The summed E-state index contributed by atoms with van der Waals surface area (Å²) >= 11 is 1.70. The predicted molar refractivity (Wildman–Crippen MR) is 89.8 cm³/mol. The molecule has 0 fully saturated rings. The van der Waals surface area contributed by atoms with Crippen LogP contribution in [0.5, 0.6) is 0 Å². The molecule has 0 aliphatic carbocycles. The van der Waals surface area contributed by atoms with Gasteiger partial charge in [0.25, 0.3) is 0 Å². The molecular weight excluding hydrogens is 294 g/mol. The van der Waals surface area contributed by atoms with E-state index < -0.39 is 0 Å². The molecule has 0 saturated carbocycles. The lowest BCUT2D eigenvalue weighted by Crippen LogP contribution is -2.36. The molecule has 4 nitrogen and oxygen atoms in total. The molecule has 0 radical (unpaired) electrons. The molecule has 1 atom stereocenters. The number of amides is 2. The van der Waals surface area contributed by atoms with Crippen LogP contribution in [0.4, 0.5) is 4.79 Å². The van der Waals surface area contributed by atoms with Crippen molar-refractivity contribution in [1.29, 1.82) is 0 Å². The first-order chi connectivity index (χ1) is 10.7. The highest BCUT2D eigenvalue weighted by atomic mass is 32.1. The van der Waals surface area contributed by atoms with E-state index in [1.165, 1.54) is 10.1 Å². The van der Waals surface area contributed by atoms with Crippen LogP contribution in [-0.2, 0) is 6.54 Å². The third kappa shape index (κ3) is 3.26. The number of hydrogen-bond acceptors (Lipinski definition) is 3. The van der Waals surface area contributed by atoms with Gasteiger partial charge in [0.2, 0.25) is 0 Å². The quantitative estimate of drug-likeness (QED) is 0.769. The summed E-state index contributed by atoms with van der Waals surface area (Å²) in [7, 11) is 0. The van der Waals surface area contributed by atoms with Crippen LogP contribution in [0.3, 0.4) is 0 Å². The van der Waals surface area contributed by atoms with Crippen LogP contribution >= 0.6 is 11.3 Å². The van der Waals surface area contributed by atoms with Gasteiger partial charge in [0.1, 0.15) is 0 Å². The van der Waals surface area contributed by atoms with Crippen molar-refractivity contribution in [3.63, 3.8) is 0 Å². The van der Waals surface area contributed by atoms with E-state index in [1.54, 1.807) is 23.7 Å². The molecule has 1 aromatic carbocycles. The molecule has 112 valence electrons. The van der Waals surface area contributed by atoms with Crippen LogP contribution in [0.2, 0.25) is 0 Å². The van der Waals surface area contributed by atoms with Crippen LogP contribution in [0.25, 0.3) is 10.1 Å². The number of benzene rings is 1. The molecular formula is C17H17N3OS.